The molecule has 0 radical (unpaired) electrons. The Morgan fingerprint density at radius 1 is 1.07 bits per heavy atom. The molecule has 0 saturated carbocycles. The zero-order chi connectivity index (χ0) is 21.7. The topological polar surface area (TPSA) is 60.7 Å². The zero-order valence-corrected chi connectivity index (χ0v) is 15.8. The molecule has 0 aliphatic carbocycles. The number of anilines is 1. The van der Waals surface area contributed by atoms with Gasteiger partial charge in [0, 0.05) is 7.11 Å². The van der Waals surface area contributed by atoms with Gasteiger partial charge in [-0.05, 0) is 42.5 Å². The Hall–Kier alpha value is -3.33. The molecule has 9 heteroatoms. The Bertz CT molecular complexity index is 1030. The van der Waals surface area contributed by atoms with Gasteiger partial charge in [-0.25, -0.2) is 4.39 Å². The number of ether oxygens (including phenoxy) is 2. The molecular formula is C21H17F4NO4. The molecular weight excluding hydrogens is 406 g/mol. The van der Waals surface area contributed by atoms with Crippen molar-refractivity contribution in [1.29, 1.82) is 0 Å². The van der Waals surface area contributed by atoms with Crippen molar-refractivity contribution in [3.8, 4) is 17.1 Å². The second kappa shape index (κ2) is 9.00. The van der Waals surface area contributed by atoms with Crippen LogP contribution in [0.4, 0.5) is 23.2 Å². The van der Waals surface area contributed by atoms with Crippen molar-refractivity contribution in [2.24, 2.45) is 0 Å². The summed E-state index contributed by atoms with van der Waals surface area (Å²) < 4.78 is 68.7. The van der Waals surface area contributed by atoms with Gasteiger partial charge in [-0.2, -0.15) is 13.2 Å². The van der Waals surface area contributed by atoms with Crippen LogP contribution in [0, 0.1) is 5.82 Å². The van der Waals surface area contributed by atoms with E-state index in [1.165, 1.54) is 37.4 Å². The standard InChI is InChI=1S/C21H17F4NO4/c1-28-10-11-29-18-7-6-13(21(23,24)25)12-16(18)26-20(27)19-9-8-17(30-19)14-4-2-3-5-15(14)22/h2-9,12H,10-11H2,1H3,(H,26,27). The molecule has 0 unspecified atom stereocenters. The predicted molar refractivity (Wildman–Crippen MR) is 101 cm³/mol. The van der Waals surface area contributed by atoms with E-state index in [9.17, 15) is 22.4 Å². The monoisotopic (exact) mass is 423 g/mol. The van der Waals surface area contributed by atoms with E-state index in [1.54, 1.807) is 6.07 Å². The number of hydrogen-bond acceptors (Lipinski definition) is 4. The lowest BCUT2D eigenvalue weighted by Gasteiger charge is -2.15. The maximum absolute atomic E-state index is 13.9. The molecule has 1 N–H and O–H groups in total. The summed E-state index contributed by atoms with van der Waals surface area (Å²) >= 11 is 0. The number of benzene rings is 2. The van der Waals surface area contributed by atoms with E-state index in [4.69, 9.17) is 13.9 Å². The van der Waals surface area contributed by atoms with Crippen molar-refractivity contribution in [2.75, 3.05) is 25.6 Å². The molecule has 0 aliphatic rings. The zero-order valence-electron chi connectivity index (χ0n) is 15.8. The number of halogens is 4. The Labute approximate surface area is 169 Å². The molecule has 30 heavy (non-hydrogen) atoms. The molecule has 0 aliphatic heterocycles. The summed E-state index contributed by atoms with van der Waals surface area (Å²) in [5, 5.41) is 2.35. The van der Waals surface area contributed by atoms with Crippen molar-refractivity contribution < 1.29 is 36.2 Å². The number of nitrogens with one attached hydrogen (secondary N) is 1. The number of hydrogen-bond donors (Lipinski definition) is 1. The molecule has 0 bridgehead atoms. The average molecular weight is 423 g/mol. The fourth-order valence-corrected chi connectivity index (χ4v) is 2.61. The van der Waals surface area contributed by atoms with E-state index in [-0.39, 0.29) is 41.7 Å². The van der Waals surface area contributed by atoms with Gasteiger partial charge in [0.2, 0.25) is 0 Å². The average Bonchev–Trinajstić information content (AvgIpc) is 3.19. The third-order valence-corrected chi connectivity index (χ3v) is 4.07. The normalized spacial score (nSPS) is 11.4. The van der Waals surface area contributed by atoms with Gasteiger partial charge in [0.15, 0.2) is 5.76 Å². The second-order valence-corrected chi connectivity index (χ2v) is 6.15. The van der Waals surface area contributed by atoms with Crippen LogP contribution in [0.3, 0.4) is 0 Å². The minimum Gasteiger partial charge on any atom is -0.489 e. The number of alkyl halides is 3. The van der Waals surface area contributed by atoms with Crippen LogP contribution in [0.5, 0.6) is 5.75 Å². The second-order valence-electron chi connectivity index (χ2n) is 6.15. The van der Waals surface area contributed by atoms with Gasteiger partial charge in [-0.15, -0.1) is 0 Å². The molecule has 3 rings (SSSR count). The summed E-state index contributed by atoms with van der Waals surface area (Å²) in [7, 11) is 1.45. The highest BCUT2D eigenvalue weighted by Crippen LogP contribution is 2.35. The lowest BCUT2D eigenvalue weighted by molar-refractivity contribution is -0.137. The molecule has 0 saturated heterocycles. The number of carbonyl (C=O) groups is 1. The first-order chi connectivity index (χ1) is 14.3. The molecule has 1 amide bonds. The summed E-state index contributed by atoms with van der Waals surface area (Å²) in [6.45, 7) is 0.279. The molecule has 3 aromatic rings. The van der Waals surface area contributed by atoms with E-state index in [1.807, 2.05) is 0 Å². The van der Waals surface area contributed by atoms with Crippen molar-refractivity contribution >= 4 is 11.6 Å². The summed E-state index contributed by atoms with van der Waals surface area (Å²) in [4.78, 5) is 12.5. The van der Waals surface area contributed by atoms with Gasteiger partial charge in [0.05, 0.1) is 23.4 Å². The molecule has 0 fully saturated rings. The van der Waals surface area contributed by atoms with Crippen LogP contribution in [0.2, 0.25) is 0 Å². The fraction of sp³-hybridized carbons (Fsp3) is 0.190. The van der Waals surface area contributed by atoms with E-state index in [0.717, 1.165) is 18.2 Å². The number of rotatable bonds is 7. The summed E-state index contributed by atoms with van der Waals surface area (Å²) in [5.74, 6) is -1.40. The fourth-order valence-electron chi connectivity index (χ4n) is 2.61. The summed E-state index contributed by atoms with van der Waals surface area (Å²) in [5.41, 5.74) is -0.989. The van der Waals surface area contributed by atoms with Crippen LogP contribution >= 0.6 is 0 Å². The first-order valence-corrected chi connectivity index (χ1v) is 8.78. The Morgan fingerprint density at radius 3 is 2.53 bits per heavy atom. The Kier molecular flexibility index (Phi) is 6.41. The van der Waals surface area contributed by atoms with Gasteiger partial charge >= 0.3 is 6.18 Å². The van der Waals surface area contributed by atoms with Crippen LogP contribution in [0.1, 0.15) is 16.1 Å². The van der Waals surface area contributed by atoms with Crippen molar-refractivity contribution in [3.63, 3.8) is 0 Å². The molecule has 1 heterocycles. The highest BCUT2D eigenvalue weighted by molar-refractivity contribution is 6.03. The molecule has 2 aromatic carbocycles. The van der Waals surface area contributed by atoms with Crippen LogP contribution < -0.4 is 10.1 Å². The van der Waals surface area contributed by atoms with Crippen LogP contribution in [0.15, 0.2) is 59.0 Å². The van der Waals surface area contributed by atoms with Crippen LogP contribution in [-0.2, 0) is 10.9 Å². The summed E-state index contributed by atoms with van der Waals surface area (Å²) in [6.07, 6.45) is -4.60. The van der Waals surface area contributed by atoms with E-state index in [2.05, 4.69) is 5.32 Å². The number of furan rings is 1. The van der Waals surface area contributed by atoms with E-state index in [0.29, 0.717) is 0 Å². The van der Waals surface area contributed by atoms with Gasteiger partial charge in [0.1, 0.15) is 23.9 Å². The van der Waals surface area contributed by atoms with Crippen LogP contribution in [-0.4, -0.2) is 26.2 Å². The maximum atomic E-state index is 13.9. The van der Waals surface area contributed by atoms with Crippen molar-refractivity contribution in [3.05, 3.63) is 71.7 Å². The molecule has 158 valence electrons. The Morgan fingerprint density at radius 2 is 1.83 bits per heavy atom. The minimum absolute atomic E-state index is 0.0364. The highest BCUT2D eigenvalue weighted by Gasteiger charge is 2.31. The molecule has 0 atom stereocenters. The smallest absolute Gasteiger partial charge is 0.416 e. The molecule has 5 nitrogen and oxygen atoms in total. The van der Waals surface area contributed by atoms with E-state index < -0.39 is 23.5 Å². The van der Waals surface area contributed by atoms with Gasteiger partial charge in [-0.3, -0.25) is 4.79 Å². The van der Waals surface area contributed by atoms with Gasteiger partial charge < -0.3 is 19.2 Å². The van der Waals surface area contributed by atoms with Gasteiger partial charge in [0.25, 0.3) is 5.91 Å². The lowest BCUT2D eigenvalue weighted by atomic mass is 10.1. The first-order valence-electron chi connectivity index (χ1n) is 8.78. The van der Waals surface area contributed by atoms with Crippen LogP contribution in [0.25, 0.3) is 11.3 Å². The molecule has 0 spiro atoms. The number of amides is 1. The summed E-state index contributed by atoms with van der Waals surface area (Å²) in [6, 6.07) is 11.3. The van der Waals surface area contributed by atoms with Gasteiger partial charge in [-0.1, -0.05) is 12.1 Å². The minimum atomic E-state index is -4.60. The quantitative estimate of drug-likeness (QED) is 0.409. The van der Waals surface area contributed by atoms with Crippen molar-refractivity contribution in [1.82, 2.24) is 0 Å². The SMILES string of the molecule is COCCOc1ccc(C(F)(F)F)cc1NC(=O)c1ccc(-c2ccccc2F)o1. The third kappa shape index (κ3) is 4.98. The highest BCUT2D eigenvalue weighted by atomic mass is 19.4. The molecule has 1 aromatic heterocycles. The first kappa shape index (κ1) is 21.4. The third-order valence-electron chi connectivity index (χ3n) is 4.07. The lowest BCUT2D eigenvalue weighted by Crippen LogP contribution is -2.15. The number of methoxy groups -OCH3 is 1. The Balaban J connectivity index is 1.85. The maximum Gasteiger partial charge on any atom is 0.416 e. The number of carbonyl (C=O) groups excluding carboxylic acids is 1. The van der Waals surface area contributed by atoms with E-state index >= 15 is 0 Å². The van der Waals surface area contributed by atoms with Crippen molar-refractivity contribution in [2.45, 2.75) is 6.18 Å². The largest absolute Gasteiger partial charge is 0.489 e. The predicted octanol–water partition coefficient (Wildman–Crippen LogP) is 5.38.